The second-order valence-electron chi connectivity index (χ2n) is 5.09. The van der Waals surface area contributed by atoms with Gasteiger partial charge >= 0.3 is 5.97 Å². The number of hydrogen-bond donors (Lipinski definition) is 1. The van der Waals surface area contributed by atoms with E-state index in [1.165, 1.54) is 0 Å². The van der Waals surface area contributed by atoms with E-state index in [1.807, 2.05) is 0 Å². The number of aliphatic carboxylic acids is 1. The highest BCUT2D eigenvalue weighted by molar-refractivity contribution is 5.93. The molecular weight excluding hydrogens is 240 g/mol. The quantitative estimate of drug-likeness (QED) is 0.418. The van der Waals surface area contributed by atoms with Crippen LogP contribution in [0.3, 0.4) is 0 Å². The minimum atomic E-state index is -0.704. The SMILES string of the molecule is CCCCC(=CCCCCCCCC(=O)O)C(C)=O. The van der Waals surface area contributed by atoms with E-state index in [0.29, 0.717) is 0 Å². The van der Waals surface area contributed by atoms with Gasteiger partial charge in [-0.05, 0) is 44.6 Å². The van der Waals surface area contributed by atoms with Crippen molar-refractivity contribution in [1.82, 2.24) is 0 Å². The first-order chi connectivity index (χ1) is 9.07. The van der Waals surface area contributed by atoms with E-state index in [4.69, 9.17) is 5.11 Å². The molecule has 3 nitrogen and oxygen atoms in total. The predicted molar refractivity (Wildman–Crippen MR) is 78.2 cm³/mol. The monoisotopic (exact) mass is 268 g/mol. The Morgan fingerprint density at radius 3 is 2.16 bits per heavy atom. The Morgan fingerprint density at radius 2 is 1.58 bits per heavy atom. The molecule has 0 aromatic carbocycles. The summed E-state index contributed by atoms with van der Waals surface area (Å²) < 4.78 is 0. The van der Waals surface area contributed by atoms with Crippen LogP contribution in [-0.2, 0) is 9.59 Å². The van der Waals surface area contributed by atoms with Crippen LogP contribution in [-0.4, -0.2) is 16.9 Å². The van der Waals surface area contributed by atoms with E-state index in [9.17, 15) is 9.59 Å². The highest BCUT2D eigenvalue weighted by atomic mass is 16.4. The molecule has 0 aliphatic carbocycles. The van der Waals surface area contributed by atoms with Crippen LogP contribution in [0.1, 0.15) is 78.1 Å². The van der Waals surface area contributed by atoms with Crippen molar-refractivity contribution in [2.45, 2.75) is 78.1 Å². The molecule has 0 heterocycles. The maximum absolute atomic E-state index is 11.4. The number of carbonyl (C=O) groups excluding carboxylic acids is 1. The van der Waals surface area contributed by atoms with E-state index < -0.39 is 5.97 Å². The molecule has 0 saturated carbocycles. The maximum atomic E-state index is 11.4. The van der Waals surface area contributed by atoms with Crippen LogP contribution in [0.25, 0.3) is 0 Å². The van der Waals surface area contributed by atoms with Crippen LogP contribution in [0.5, 0.6) is 0 Å². The topological polar surface area (TPSA) is 54.4 Å². The lowest BCUT2D eigenvalue weighted by molar-refractivity contribution is -0.137. The third-order valence-corrected chi connectivity index (χ3v) is 3.24. The highest BCUT2D eigenvalue weighted by Gasteiger charge is 2.02. The van der Waals surface area contributed by atoms with Gasteiger partial charge in [0.15, 0.2) is 5.78 Å². The second-order valence-corrected chi connectivity index (χ2v) is 5.09. The third-order valence-electron chi connectivity index (χ3n) is 3.24. The van der Waals surface area contributed by atoms with Crippen molar-refractivity contribution in [3.05, 3.63) is 11.6 Å². The Bertz CT molecular complexity index is 292. The first-order valence-corrected chi connectivity index (χ1v) is 7.49. The number of unbranched alkanes of at least 4 members (excludes halogenated alkanes) is 6. The Labute approximate surface area is 117 Å². The fourth-order valence-electron chi connectivity index (χ4n) is 2.02. The molecule has 1 N–H and O–H groups in total. The number of hydrogen-bond acceptors (Lipinski definition) is 2. The van der Waals surface area contributed by atoms with Gasteiger partial charge in [-0.2, -0.15) is 0 Å². The molecule has 3 heteroatoms. The van der Waals surface area contributed by atoms with Gasteiger partial charge in [-0.15, -0.1) is 0 Å². The van der Waals surface area contributed by atoms with E-state index >= 15 is 0 Å². The van der Waals surface area contributed by atoms with Gasteiger partial charge in [0.2, 0.25) is 0 Å². The molecule has 0 amide bonds. The van der Waals surface area contributed by atoms with Gasteiger partial charge in [0.1, 0.15) is 0 Å². The van der Waals surface area contributed by atoms with Crippen molar-refractivity contribution in [3.63, 3.8) is 0 Å². The summed E-state index contributed by atoms with van der Waals surface area (Å²) in [6.07, 6.45) is 11.5. The number of carbonyl (C=O) groups is 2. The number of allylic oxidation sites excluding steroid dienone is 2. The van der Waals surface area contributed by atoms with Crippen LogP contribution < -0.4 is 0 Å². The van der Waals surface area contributed by atoms with Crippen molar-refractivity contribution in [3.8, 4) is 0 Å². The van der Waals surface area contributed by atoms with Crippen LogP contribution in [0.15, 0.2) is 11.6 Å². The van der Waals surface area contributed by atoms with E-state index in [1.54, 1.807) is 6.92 Å². The summed E-state index contributed by atoms with van der Waals surface area (Å²) in [5.74, 6) is -0.500. The first kappa shape index (κ1) is 17.9. The first-order valence-electron chi connectivity index (χ1n) is 7.49. The maximum Gasteiger partial charge on any atom is 0.303 e. The fourth-order valence-corrected chi connectivity index (χ4v) is 2.02. The Kier molecular flexibility index (Phi) is 11.2. The van der Waals surface area contributed by atoms with Gasteiger partial charge in [-0.1, -0.05) is 38.7 Å². The molecule has 0 rings (SSSR count). The molecule has 19 heavy (non-hydrogen) atoms. The van der Waals surface area contributed by atoms with E-state index in [0.717, 1.165) is 63.4 Å². The lowest BCUT2D eigenvalue weighted by Gasteiger charge is -2.03. The van der Waals surface area contributed by atoms with Crippen LogP contribution in [0, 0.1) is 0 Å². The minimum absolute atomic E-state index is 0.204. The Hall–Kier alpha value is -1.12. The molecule has 0 radical (unpaired) electrons. The molecule has 0 atom stereocenters. The standard InChI is InChI=1S/C16H28O3/c1-3-4-11-15(14(2)17)12-9-7-5-6-8-10-13-16(18)19/h12H,3-11,13H2,1-2H3,(H,18,19). The van der Waals surface area contributed by atoms with Crippen molar-refractivity contribution in [2.24, 2.45) is 0 Å². The second kappa shape index (κ2) is 11.9. The lowest BCUT2D eigenvalue weighted by atomic mass is 10.0. The summed E-state index contributed by atoms with van der Waals surface area (Å²) in [6.45, 7) is 3.78. The molecule has 0 aliphatic heterocycles. The molecule has 0 aromatic heterocycles. The zero-order valence-corrected chi connectivity index (χ0v) is 12.4. The summed E-state index contributed by atoms with van der Waals surface area (Å²) >= 11 is 0. The van der Waals surface area contributed by atoms with Crippen LogP contribution in [0.4, 0.5) is 0 Å². The Balaban J connectivity index is 3.63. The lowest BCUT2D eigenvalue weighted by Crippen LogP contribution is -1.96. The van der Waals surface area contributed by atoms with Crippen LogP contribution in [0.2, 0.25) is 0 Å². The van der Waals surface area contributed by atoms with Gasteiger partial charge in [-0.25, -0.2) is 0 Å². The molecule has 0 unspecified atom stereocenters. The highest BCUT2D eigenvalue weighted by Crippen LogP contribution is 2.13. The number of Topliss-reactive ketones (excluding diaryl/α,β-unsaturated/α-hetero) is 1. The summed E-state index contributed by atoms with van der Waals surface area (Å²) in [5.41, 5.74) is 0.979. The average Bonchev–Trinajstić information content (AvgIpc) is 2.35. The number of carboxylic acids is 1. The van der Waals surface area contributed by atoms with Gasteiger partial charge < -0.3 is 5.11 Å². The number of carboxylic acid groups (broad SMARTS) is 1. The largest absolute Gasteiger partial charge is 0.481 e. The molecule has 0 bridgehead atoms. The average molecular weight is 268 g/mol. The fraction of sp³-hybridized carbons (Fsp3) is 0.750. The van der Waals surface area contributed by atoms with Crippen molar-refractivity contribution in [1.29, 1.82) is 0 Å². The predicted octanol–water partition coefficient (Wildman–Crippen LogP) is 4.51. The number of ketones is 1. The van der Waals surface area contributed by atoms with E-state index in [2.05, 4.69) is 13.0 Å². The Morgan fingerprint density at radius 1 is 0.947 bits per heavy atom. The molecule has 0 saturated heterocycles. The zero-order chi connectivity index (χ0) is 14.5. The summed E-state index contributed by atoms with van der Waals surface area (Å²) in [6, 6.07) is 0. The molecule has 0 spiro atoms. The summed E-state index contributed by atoms with van der Waals surface area (Å²) in [5, 5.41) is 8.50. The van der Waals surface area contributed by atoms with Crippen molar-refractivity contribution in [2.75, 3.05) is 0 Å². The molecule has 0 aliphatic rings. The van der Waals surface area contributed by atoms with Gasteiger partial charge in [0.25, 0.3) is 0 Å². The normalized spacial score (nSPS) is 11.6. The smallest absolute Gasteiger partial charge is 0.303 e. The molecule has 0 aromatic rings. The zero-order valence-electron chi connectivity index (χ0n) is 12.4. The third kappa shape index (κ3) is 11.7. The molecule has 0 fully saturated rings. The van der Waals surface area contributed by atoms with E-state index in [-0.39, 0.29) is 12.2 Å². The van der Waals surface area contributed by atoms with Gasteiger partial charge in [0, 0.05) is 6.42 Å². The molecule has 110 valence electrons. The van der Waals surface area contributed by atoms with Crippen molar-refractivity contribution >= 4 is 11.8 Å². The molecular formula is C16H28O3. The van der Waals surface area contributed by atoms with Crippen LogP contribution >= 0.6 is 0 Å². The summed E-state index contributed by atoms with van der Waals surface area (Å²) in [7, 11) is 0. The van der Waals surface area contributed by atoms with Gasteiger partial charge in [-0.3, -0.25) is 9.59 Å². The number of rotatable bonds is 12. The minimum Gasteiger partial charge on any atom is -0.481 e. The van der Waals surface area contributed by atoms with Crippen molar-refractivity contribution < 1.29 is 14.7 Å². The summed E-state index contributed by atoms with van der Waals surface area (Å²) in [4.78, 5) is 21.7. The van der Waals surface area contributed by atoms with Gasteiger partial charge in [0.05, 0.1) is 0 Å².